The molecule has 1 heterocycles. The van der Waals surface area contributed by atoms with Crippen molar-refractivity contribution in [2.45, 2.75) is 6.42 Å². The third-order valence-corrected chi connectivity index (χ3v) is 4.25. The smallest absolute Gasteiger partial charge is 0.315 e. The summed E-state index contributed by atoms with van der Waals surface area (Å²) in [5, 5.41) is 0.444. The number of esters is 1. The number of fused-ring (bicyclic) bond motifs is 1. The van der Waals surface area contributed by atoms with Crippen molar-refractivity contribution in [2.24, 2.45) is 0 Å². The van der Waals surface area contributed by atoms with Crippen LogP contribution in [0, 0.1) is 0 Å². The minimum Gasteiger partial charge on any atom is -0.463 e. The van der Waals surface area contributed by atoms with E-state index in [2.05, 4.69) is 0 Å². The summed E-state index contributed by atoms with van der Waals surface area (Å²) in [6.45, 7) is 0. The van der Waals surface area contributed by atoms with Crippen LogP contribution in [-0.4, -0.2) is 5.97 Å². The van der Waals surface area contributed by atoms with E-state index in [-0.39, 0.29) is 17.8 Å². The third kappa shape index (κ3) is 3.65. The molecule has 4 heteroatoms. The lowest BCUT2D eigenvalue weighted by Gasteiger charge is -2.06. The van der Waals surface area contributed by atoms with E-state index in [1.165, 1.54) is 6.26 Å². The van der Waals surface area contributed by atoms with Crippen molar-refractivity contribution in [1.29, 1.82) is 0 Å². The first-order valence-corrected chi connectivity index (χ1v) is 8.56. The molecule has 4 aromatic rings. The molecule has 0 aliphatic heterocycles. The van der Waals surface area contributed by atoms with Gasteiger partial charge in [0.15, 0.2) is 5.43 Å². The molecule has 4 nitrogen and oxygen atoms in total. The fourth-order valence-electron chi connectivity index (χ4n) is 2.92. The van der Waals surface area contributed by atoms with Crippen LogP contribution in [-0.2, 0) is 11.2 Å². The third-order valence-electron chi connectivity index (χ3n) is 4.25. The van der Waals surface area contributed by atoms with Crippen molar-refractivity contribution in [3.8, 4) is 16.9 Å². The van der Waals surface area contributed by atoms with Gasteiger partial charge in [-0.05, 0) is 23.3 Å². The van der Waals surface area contributed by atoms with Crippen LogP contribution in [0.4, 0.5) is 0 Å². The van der Waals surface area contributed by atoms with E-state index in [1.807, 2.05) is 60.7 Å². The normalized spacial score (nSPS) is 10.7. The second-order valence-electron chi connectivity index (χ2n) is 6.14. The van der Waals surface area contributed by atoms with Crippen molar-refractivity contribution in [1.82, 2.24) is 0 Å². The van der Waals surface area contributed by atoms with Gasteiger partial charge in [-0.2, -0.15) is 0 Å². The number of hydrogen-bond donors (Lipinski definition) is 0. The summed E-state index contributed by atoms with van der Waals surface area (Å²) in [5.41, 5.74) is 2.43. The summed E-state index contributed by atoms with van der Waals surface area (Å²) in [6, 6.07) is 23.5. The maximum atomic E-state index is 12.7. The number of carbonyl (C=O) groups is 1. The molecule has 0 atom stereocenters. The molecule has 0 amide bonds. The average Bonchev–Trinajstić information content (AvgIpc) is 2.69. The van der Waals surface area contributed by atoms with Crippen molar-refractivity contribution < 1.29 is 13.9 Å². The first-order chi connectivity index (χ1) is 13.2. The first-order valence-electron chi connectivity index (χ1n) is 8.56. The van der Waals surface area contributed by atoms with Gasteiger partial charge in [0, 0.05) is 6.07 Å². The van der Waals surface area contributed by atoms with Crippen LogP contribution in [0.25, 0.3) is 22.1 Å². The molecule has 1 aromatic heterocycles. The summed E-state index contributed by atoms with van der Waals surface area (Å²) >= 11 is 0. The zero-order chi connectivity index (χ0) is 18.6. The Labute approximate surface area is 155 Å². The lowest BCUT2D eigenvalue weighted by molar-refractivity contribution is -0.133. The molecule has 0 radical (unpaired) electrons. The average molecular weight is 356 g/mol. The molecule has 132 valence electrons. The summed E-state index contributed by atoms with van der Waals surface area (Å²) in [4.78, 5) is 24.8. The molecule has 0 aliphatic rings. The maximum Gasteiger partial charge on any atom is 0.315 e. The topological polar surface area (TPSA) is 56.5 Å². The Morgan fingerprint density at radius 3 is 2.33 bits per heavy atom. The van der Waals surface area contributed by atoms with Crippen LogP contribution in [0.3, 0.4) is 0 Å². The lowest BCUT2D eigenvalue weighted by atomic mass is 10.1. The van der Waals surface area contributed by atoms with E-state index in [9.17, 15) is 9.59 Å². The van der Waals surface area contributed by atoms with E-state index in [0.29, 0.717) is 22.3 Å². The van der Waals surface area contributed by atoms with Gasteiger partial charge in [0.05, 0.1) is 17.4 Å². The van der Waals surface area contributed by atoms with E-state index in [0.717, 1.165) is 11.1 Å². The number of ether oxygens (including phenoxy) is 1. The largest absolute Gasteiger partial charge is 0.463 e. The van der Waals surface area contributed by atoms with Crippen LogP contribution >= 0.6 is 0 Å². The van der Waals surface area contributed by atoms with Crippen LogP contribution < -0.4 is 10.2 Å². The van der Waals surface area contributed by atoms with E-state index >= 15 is 0 Å². The fraction of sp³-hybridized carbons (Fsp3) is 0.0435. The molecular weight excluding hydrogens is 340 g/mol. The quantitative estimate of drug-likeness (QED) is 0.396. The van der Waals surface area contributed by atoms with Crippen molar-refractivity contribution >= 4 is 16.9 Å². The Hall–Kier alpha value is -3.66. The molecule has 4 rings (SSSR count). The highest BCUT2D eigenvalue weighted by Crippen LogP contribution is 2.23. The minimum atomic E-state index is -0.371. The van der Waals surface area contributed by atoms with Crippen molar-refractivity contribution in [3.05, 3.63) is 101 Å². The molecule has 0 unspecified atom stereocenters. The van der Waals surface area contributed by atoms with Gasteiger partial charge in [-0.1, -0.05) is 60.7 Å². The van der Waals surface area contributed by atoms with Crippen LogP contribution in [0.1, 0.15) is 5.56 Å². The summed E-state index contributed by atoms with van der Waals surface area (Å²) in [7, 11) is 0. The molecule has 0 fully saturated rings. The summed E-state index contributed by atoms with van der Waals surface area (Å²) < 4.78 is 11.0. The van der Waals surface area contributed by atoms with Crippen LogP contribution in [0.5, 0.6) is 5.75 Å². The Bertz CT molecular complexity index is 1150. The molecule has 0 spiro atoms. The fourth-order valence-corrected chi connectivity index (χ4v) is 2.92. The van der Waals surface area contributed by atoms with Crippen LogP contribution in [0.15, 0.2) is 94.3 Å². The Kier molecular flexibility index (Phi) is 4.54. The Balaban J connectivity index is 1.60. The van der Waals surface area contributed by atoms with E-state index in [1.54, 1.807) is 18.2 Å². The van der Waals surface area contributed by atoms with Gasteiger partial charge in [-0.25, -0.2) is 0 Å². The number of benzene rings is 3. The highest BCUT2D eigenvalue weighted by Gasteiger charge is 2.12. The zero-order valence-electron chi connectivity index (χ0n) is 14.4. The number of rotatable bonds is 4. The molecule has 0 saturated carbocycles. The molecule has 0 aliphatic carbocycles. The second kappa shape index (κ2) is 7.30. The molecule has 0 N–H and O–H groups in total. The Morgan fingerprint density at radius 1 is 0.889 bits per heavy atom. The highest BCUT2D eigenvalue weighted by atomic mass is 16.5. The van der Waals surface area contributed by atoms with Crippen molar-refractivity contribution in [3.63, 3.8) is 0 Å². The predicted molar refractivity (Wildman–Crippen MR) is 104 cm³/mol. The van der Waals surface area contributed by atoms with Gasteiger partial charge in [-0.3, -0.25) is 9.59 Å². The number of hydrogen-bond acceptors (Lipinski definition) is 4. The van der Waals surface area contributed by atoms with Gasteiger partial charge in [-0.15, -0.1) is 0 Å². The Morgan fingerprint density at radius 2 is 1.59 bits per heavy atom. The van der Waals surface area contributed by atoms with E-state index < -0.39 is 0 Å². The minimum absolute atomic E-state index is 0.121. The maximum absolute atomic E-state index is 12.7. The molecule has 27 heavy (non-hydrogen) atoms. The molecular formula is C23H16O4. The summed E-state index contributed by atoms with van der Waals surface area (Å²) in [6.07, 6.45) is 1.62. The van der Waals surface area contributed by atoms with Gasteiger partial charge in [0.2, 0.25) is 0 Å². The molecule has 3 aromatic carbocycles. The van der Waals surface area contributed by atoms with Gasteiger partial charge in [0.1, 0.15) is 17.6 Å². The first kappa shape index (κ1) is 16.8. The highest BCUT2D eigenvalue weighted by molar-refractivity contribution is 5.83. The molecule has 0 saturated heterocycles. The number of carbonyl (C=O) groups excluding carboxylic acids is 1. The summed E-state index contributed by atoms with van der Waals surface area (Å²) in [5.74, 6) is -0.0251. The SMILES string of the molecule is O=C(Cc1ccccc1)Oc1ccc2c(=O)c(-c3ccccc3)coc2c1. The predicted octanol–water partition coefficient (Wildman–Crippen LogP) is 4.61. The second-order valence-corrected chi connectivity index (χ2v) is 6.14. The standard InChI is InChI=1S/C23H16O4/c24-22(13-16-7-3-1-4-8-16)27-18-11-12-19-21(14-18)26-15-20(23(19)25)17-9-5-2-6-10-17/h1-12,14-15H,13H2. The van der Waals surface area contributed by atoms with Gasteiger partial charge < -0.3 is 9.15 Å². The molecule has 0 bridgehead atoms. The zero-order valence-corrected chi connectivity index (χ0v) is 14.4. The lowest BCUT2D eigenvalue weighted by Crippen LogP contribution is -2.11. The van der Waals surface area contributed by atoms with Gasteiger partial charge in [0.25, 0.3) is 0 Å². The van der Waals surface area contributed by atoms with Crippen molar-refractivity contribution in [2.75, 3.05) is 0 Å². The monoisotopic (exact) mass is 356 g/mol. The van der Waals surface area contributed by atoms with E-state index in [4.69, 9.17) is 9.15 Å². The van der Waals surface area contributed by atoms with Gasteiger partial charge >= 0.3 is 5.97 Å². The van der Waals surface area contributed by atoms with Crippen LogP contribution in [0.2, 0.25) is 0 Å².